The van der Waals surface area contributed by atoms with E-state index in [-0.39, 0.29) is 25.0 Å². The van der Waals surface area contributed by atoms with E-state index in [2.05, 4.69) is 5.32 Å². The van der Waals surface area contributed by atoms with Crippen LogP contribution in [0.1, 0.15) is 25.8 Å². The van der Waals surface area contributed by atoms with Gasteiger partial charge < -0.3 is 19.7 Å². The van der Waals surface area contributed by atoms with Crippen LogP contribution in [0.2, 0.25) is 10.0 Å². The Labute approximate surface area is 187 Å². The number of rotatable bonds is 10. The summed E-state index contributed by atoms with van der Waals surface area (Å²) in [5.74, 6) is 0.432. The van der Waals surface area contributed by atoms with Crippen LogP contribution < -0.4 is 14.8 Å². The molecule has 1 N–H and O–H groups in total. The molecule has 0 aliphatic rings. The van der Waals surface area contributed by atoms with E-state index < -0.39 is 6.04 Å². The zero-order valence-electron chi connectivity index (χ0n) is 17.3. The van der Waals surface area contributed by atoms with Crippen molar-refractivity contribution >= 4 is 35.0 Å². The lowest BCUT2D eigenvalue weighted by Crippen LogP contribution is -2.50. The molecule has 2 aromatic carbocycles. The number of hydrogen-bond donors (Lipinski definition) is 1. The lowest BCUT2D eigenvalue weighted by atomic mass is 10.1. The van der Waals surface area contributed by atoms with Crippen molar-refractivity contribution in [2.24, 2.45) is 0 Å². The van der Waals surface area contributed by atoms with Gasteiger partial charge in [-0.3, -0.25) is 9.59 Å². The predicted octanol–water partition coefficient (Wildman–Crippen LogP) is 4.32. The predicted molar refractivity (Wildman–Crippen MR) is 118 cm³/mol. The molecule has 0 radical (unpaired) electrons. The average molecular weight is 453 g/mol. The van der Waals surface area contributed by atoms with Crippen molar-refractivity contribution in [2.75, 3.05) is 20.3 Å². The molecule has 0 saturated carbocycles. The molecular weight excluding hydrogens is 427 g/mol. The van der Waals surface area contributed by atoms with Gasteiger partial charge in [-0.1, -0.05) is 48.3 Å². The van der Waals surface area contributed by atoms with Crippen molar-refractivity contribution in [3.05, 3.63) is 58.1 Å². The van der Waals surface area contributed by atoms with E-state index in [4.69, 9.17) is 32.7 Å². The van der Waals surface area contributed by atoms with Crippen molar-refractivity contribution < 1.29 is 19.1 Å². The van der Waals surface area contributed by atoms with Gasteiger partial charge >= 0.3 is 0 Å². The van der Waals surface area contributed by atoms with Gasteiger partial charge in [-0.2, -0.15) is 0 Å². The van der Waals surface area contributed by atoms with Crippen molar-refractivity contribution in [2.45, 2.75) is 32.9 Å². The molecule has 0 spiro atoms. The van der Waals surface area contributed by atoms with Crippen LogP contribution in [-0.4, -0.2) is 43.0 Å². The summed E-state index contributed by atoms with van der Waals surface area (Å²) in [7, 11) is 1.53. The first-order valence-electron chi connectivity index (χ1n) is 9.68. The smallest absolute Gasteiger partial charge is 0.261 e. The van der Waals surface area contributed by atoms with Crippen molar-refractivity contribution in [3.8, 4) is 11.5 Å². The van der Waals surface area contributed by atoms with Crippen LogP contribution in [0.3, 0.4) is 0 Å². The molecule has 0 unspecified atom stereocenters. The van der Waals surface area contributed by atoms with Crippen molar-refractivity contribution in [1.82, 2.24) is 10.2 Å². The molecule has 2 rings (SSSR count). The van der Waals surface area contributed by atoms with Gasteiger partial charge in [0.2, 0.25) is 5.91 Å². The van der Waals surface area contributed by atoms with E-state index in [0.29, 0.717) is 34.5 Å². The number of nitrogens with one attached hydrogen (secondary N) is 1. The number of hydrogen-bond acceptors (Lipinski definition) is 4. The summed E-state index contributed by atoms with van der Waals surface area (Å²) < 4.78 is 10.9. The monoisotopic (exact) mass is 452 g/mol. The Balaban J connectivity index is 2.25. The van der Waals surface area contributed by atoms with Crippen LogP contribution in [0.25, 0.3) is 0 Å². The van der Waals surface area contributed by atoms with Gasteiger partial charge in [0.05, 0.1) is 17.2 Å². The Morgan fingerprint density at radius 2 is 1.77 bits per heavy atom. The molecule has 0 aliphatic heterocycles. The van der Waals surface area contributed by atoms with Gasteiger partial charge in [-0.15, -0.1) is 0 Å². The molecule has 0 saturated heterocycles. The molecule has 162 valence electrons. The number of carbonyl (C=O) groups excluding carboxylic acids is 2. The van der Waals surface area contributed by atoms with Gasteiger partial charge in [-0.25, -0.2) is 0 Å². The van der Waals surface area contributed by atoms with Crippen LogP contribution in [0.15, 0.2) is 42.5 Å². The third-order valence-corrected chi connectivity index (χ3v) is 5.23. The molecule has 8 heteroatoms. The van der Waals surface area contributed by atoms with Crippen molar-refractivity contribution in [3.63, 3.8) is 0 Å². The van der Waals surface area contributed by atoms with Crippen molar-refractivity contribution in [1.29, 1.82) is 0 Å². The van der Waals surface area contributed by atoms with Crippen LogP contribution in [0.5, 0.6) is 11.5 Å². The maximum absolute atomic E-state index is 13.1. The molecule has 1 atom stereocenters. The quantitative estimate of drug-likeness (QED) is 0.582. The number of halogens is 2. The largest absolute Gasteiger partial charge is 0.493 e. The molecule has 2 aromatic rings. The van der Waals surface area contributed by atoms with Crippen LogP contribution >= 0.6 is 23.2 Å². The zero-order chi connectivity index (χ0) is 22.1. The molecule has 30 heavy (non-hydrogen) atoms. The molecule has 6 nitrogen and oxygen atoms in total. The summed E-state index contributed by atoms with van der Waals surface area (Å²) in [6.07, 6.45) is 0.452. The number of carbonyl (C=O) groups is 2. The Hall–Kier alpha value is -2.44. The summed E-state index contributed by atoms with van der Waals surface area (Å²) in [6, 6.07) is 11.6. The third kappa shape index (κ3) is 6.28. The first-order chi connectivity index (χ1) is 14.4. The highest BCUT2D eigenvalue weighted by Crippen LogP contribution is 2.26. The fourth-order valence-electron chi connectivity index (χ4n) is 3.01. The van der Waals surface area contributed by atoms with E-state index in [0.717, 1.165) is 5.56 Å². The maximum atomic E-state index is 13.1. The molecular formula is C22H26Cl2N2O4. The van der Waals surface area contributed by atoms with Gasteiger partial charge in [0.15, 0.2) is 18.1 Å². The fraction of sp³-hybridized carbons (Fsp3) is 0.364. The number of benzene rings is 2. The zero-order valence-corrected chi connectivity index (χ0v) is 18.8. The molecule has 0 aromatic heterocycles. The standard InChI is InChI=1S/C22H26Cl2N2O4/c1-4-18(22(28)25-5-2)26(13-15-10-11-16(23)17(24)12-15)21(27)14-30-20-9-7-6-8-19(20)29-3/h6-12,18H,4-5,13-14H2,1-3H3,(H,25,28)/t18-/m0/s1. The number of likely N-dealkylation sites (N-methyl/N-ethyl adjacent to an activating group) is 1. The number of methoxy groups -OCH3 is 1. The molecule has 2 amide bonds. The second-order valence-electron chi connectivity index (χ2n) is 6.53. The lowest BCUT2D eigenvalue weighted by molar-refractivity contribution is -0.142. The Morgan fingerprint density at radius 3 is 2.37 bits per heavy atom. The van der Waals surface area contributed by atoms with E-state index in [1.165, 1.54) is 12.0 Å². The van der Waals surface area contributed by atoms with E-state index in [1.807, 2.05) is 19.9 Å². The second-order valence-corrected chi connectivity index (χ2v) is 7.34. The highest BCUT2D eigenvalue weighted by Gasteiger charge is 2.29. The Bertz CT molecular complexity index is 876. The number of ether oxygens (including phenoxy) is 2. The van der Waals surface area contributed by atoms with Crippen LogP contribution in [0, 0.1) is 0 Å². The van der Waals surface area contributed by atoms with Gasteiger partial charge in [0.1, 0.15) is 6.04 Å². The van der Waals surface area contributed by atoms with Gasteiger partial charge in [0, 0.05) is 13.1 Å². The van der Waals surface area contributed by atoms with E-state index in [9.17, 15) is 9.59 Å². The Kier molecular flexibility index (Phi) is 9.27. The minimum Gasteiger partial charge on any atom is -0.493 e. The molecule has 0 aliphatic carbocycles. The number of amides is 2. The highest BCUT2D eigenvalue weighted by molar-refractivity contribution is 6.42. The summed E-state index contributed by atoms with van der Waals surface area (Å²) >= 11 is 12.1. The van der Waals surface area contributed by atoms with Gasteiger partial charge in [0.25, 0.3) is 5.91 Å². The van der Waals surface area contributed by atoms with Crippen LogP contribution in [0.4, 0.5) is 0 Å². The molecule has 0 fully saturated rings. The van der Waals surface area contributed by atoms with Crippen LogP contribution in [-0.2, 0) is 16.1 Å². The highest BCUT2D eigenvalue weighted by atomic mass is 35.5. The topological polar surface area (TPSA) is 67.9 Å². The summed E-state index contributed by atoms with van der Waals surface area (Å²) in [4.78, 5) is 27.2. The Morgan fingerprint density at radius 1 is 1.07 bits per heavy atom. The minimum atomic E-state index is -0.645. The second kappa shape index (κ2) is 11.7. The van der Waals surface area contributed by atoms with Gasteiger partial charge in [-0.05, 0) is 43.2 Å². The first-order valence-corrected chi connectivity index (χ1v) is 10.4. The molecule has 0 bridgehead atoms. The summed E-state index contributed by atoms with van der Waals surface area (Å²) in [5.41, 5.74) is 0.762. The SMILES string of the molecule is CCNC(=O)[C@H](CC)N(Cc1ccc(Cl)c(Cl)c1)C(=O)COc1ccccc1OC. The molecule has 0 heterocycles. The summed E-state index contributed by atoms with van der Waals surface area (Å²) in [5, 5.41) is 3.60. The maximum Gasteiger partial charge on any atom is 0.261 e. The number of nitrogens with zero attached hydrogens (tertiary/aromatic N) is 1. The average Bonchev–Trinajstić information content (AvgIpc) is 2.74. The number of para-hydroxylation sites is 2. The van der Waals surface area contributed by atoms with E-state index in [1.54, 1.807) is 36.4 Å². The first kappa shape index (κ1) is 23.8. The normalized spacial score (nSPS) is 11.5. The van der Waals surface area contributed by atoms with E-state index >= 15 is 0 Å². The fourth-order valence-corrected chi connectivity index (χ4v) is 3.33. The third-order valence-electron chi connectivity index (χ3n) is 4.49. The summed E-state index contributed by atoms with van der Waals surface area (Å²) in [6.45, 7) is 4.12. The minimum absolute atomic E-state index is 0.195. The lowest BCUT2D eigenvalue weighted by Gasteiger charge is -2.30.